The molecular formula is C18H24N4O3. The van der Waals surface area contributed by atoms with Crippen molar-refractivity contribution in [2.75, 3.05) is 32.1 Å². The fourth-order valence-corrected chi connectivity index (χ4v) is 2.89. The van der Waals surface area contributed by atoms with Crippen LogP contribution >= 0.6 is 0 Å². The molecule has 0 aromatic heterocycles. The van der Waals surface area contributed by atoms with Gasteiger partial charge in [-0.25, -0.2) is 4.79 Å². The molecule has 2 rings (SSSR count). The lowest BCUT2D eigenvalue weighted by Gasteiger charge is -2.37. The smallest absolute Gasteiger partial charge is 0.322 e. The summed E-state index contributed by atoms with van der Waals surface area (Å²) < 4.78 is 4.93. The Hall–Kier alpha value is -2.59. The van der Waals surface area contributed by atoms with Crippen LogP contribution in [0.4, 0.5) is 10.5 Å². The Morgan fingerprint density at radius 1 is 1.40 bits per heavy atom. The average Bonchev–Trinajstić information content (AvgIpc) is 2.62. The predicted molar refractivity (Wildman–Crippen MR) is 94.0 cm³/mol. The Bertz CT molecular complexity index is 656. The number of hydrogen-bond acceptors (Lipinski definition) is 4. The Labute approximate surface area is 147 Å². The zero-order chi connectivity index (χ0) is 18.2. The molecule has 0 unspecified atom stereocenters. The topological polar surface area (TPSA) is 94.5 Å². The van der Waals surface area contributed by atoms with Gasteiger partial charge < -0.3 is 20.3 Å². The van der Waals surface area contributed by atoms with Crippen molar-refractivity contribution in [3.05, 3.63) is 29.8 Å². The maximum absolute atomic E-state index is 12.6. The molecule has 134 valence electrons. The number of nitriles is 1. The lowest BCUT2D eigenvalue weighted by atomic mass is 9.93. The third-order valence-corrected chi connectivity index (χ3v) is 4.36. The summed E-state index contributed by atoms with van der Waals surface area (Å²) in [6, 6.07) is 8.62. The fourth-order valence-electron chi connectivity index (χ4n) is 2.89. The quantitative estimate of drug-likeness (QED) is 0.798. The first-order valence-corrected chi connectivity index (χ1v) is 8.39. The van der Waals surface area contributed by atoms with Crippen molar-refractivity contribution in [1.82, 2.24) is 10.2 Å². The van der Waals surface area contributed by atoms with E-state index in [0.29, 0.717) is 30.9 Å². The number of anilines is 1. The van der Waals surface area contributed by atoms with Crippen LogP contribution in [0, 0.1) is 17.2 Å². The number of nitrogens with one attached hydrogen (secondary N) is 2. The van der Waals surface area contributed by atoms with E-state index >= 15 is 0 Å². The maximum atomic E-state index is 12.6. The first kappa shape index (κ1) is 18.7. The highest BCUT2D eigenvalue weighted by Gasteiger charge is 2.32. The summed E-state index contributed by atoms with van der Waals surface area (Å²) in [4.78, 5) is 26.5. The van der Waals surface area contributed by atoms with Crippen LogP contribution in [-0.4, -0.2) is 49.7 Å². The third kappa shape index (κ3) is 5.19. The summed E-state index contributed by atoms with van der Waals surface area (Å²) in [6.45, 7) is 3.29. The number of carbonyl (C=O) groups is 2. The van der Waals surface area contributed by atoms with Gasteiger partial charge in [-0.3, -0.25) is 4.79 Å². The first-order chi connectivity index (χ1) is 12.0. The molecule has 1 saturated heterocycles. The number of ether oxygens (including phenoxy) is 1. The first-order valence-electron chi connectivity index (χ1n) is 8.39. The normalized spacial score (nSPS) is 19.8. The van der Waals surface area contributed by atoms with Crippen LogP contribution in [0.3, 0.4) is 0 Å². The monoisotopic (exact) mass is 344 g/mol. The van der Waals surface area contributed by atoms with Gasteiger partial charge in [0.15, 0.2) is 0 Å². The highest BCUT2D eigenvalue weighted by molar-refractivity contribution is 5.90. The number of urea groups is 1. The second-order valence-electron chi connectivity index (χ2n) is 6.18. The van der Waals surface area contributed by atoms with E-state index < -0.39 is 0 Å². The van der Waals surface area contributed by atoms with Crippen molar-refractivity contribution < 1.29 is 14.3 Å². The molecule has 7 nitrogen and oxygen atoms in total. The van der Waals surface area contributed by atoms with E-state index in [0.717, 1.165) is 12.8 Å². The zero-order valence-corrected chi connectivity index (χ0v) is 14.6. The molecule has 0 aliphatic carbocycles. The predicted octanol–water partition coefficient (Wildman–Crippen LogP) is 1.95. The molecule has 0 radical (unpaired) electrons. The number of amides is 3. The highest BCUT2D eigenvalue weighted by Crippen LogP contribution is 2.23. The van der Waals surface area contributed by atoms with Crippen molar-refractivity contribution in [2.24, 2.45) is 5.92 Å². The summed E-state index contributed by atoms with van der Waals surface area (Å²) in [7, 11) is 1.59. The number of nitrogens with zero attached hydrogens (tertiary/aromatic N) is 2. The molecule has 0 spiro atoms. The molecule has 0 bridgehead atoms. The summed E-state index contributed by atoms with van der Waals surface area (Å²) in [5.74, 6) is -0.266. The SMILES string of the molecule is COCCNC(=O)[C@H]1CC[C@H](C)N(C(=O)Nc2cccc(C#N)c2)C1. The van der Waals surface area contributed by atoms with Gasteiger partial charge in [0.1, 0.15) is 0 Å². The minimum Gasteiger partial charge on any atom is -0.383 e. The highest BCUT2D eigenvalue weighted by atomic mass is 16.5. The molecule has 1 aliphatic rings. The lowest BCUT2D eigenvalue weighted by molar-refractivity contribution is -0.126. The van der Waals surface area contributed by atoms with Gasteiger partial charge in [-0.15, -0.1) is 0 Å². The van der Waals surface area contributed by atoms with E-state index in [2.05, 4.69) is 10.6 Å². The van der Waals surface area contributed by atoms with Crippen LogP contribution in [-0.2, 0) is 9.53 Å². The largest absolute Gasteiger partial charge is 0.383 e. The Morgan fingerprint density at radius 2 is 2.20 bits per heavy atom. The van der Waals surface area contributed by atoms with Crippen molar-refractivity contribution in [3.8, 4) is 6.07 Å². The molecule has 0 saturated carbocycles. The summed E-state index contributed by atoms with van der Waals surface area (Å²) in [6.07, 6.45) is 1.53. The van der Waals surface area contributed by atoms with E-state index in [1.807, 2.05) is 13.0 Å². The Balaban J connectivity index is 1.97. The number of piperidine rings is 1. The van der Waals surface area contributed by atoms with Crippen LogP contribution in [0.5, 0.6) is 0 Å². The van der Waals surface area contributed by atoms with Crippen LogP contribution in [0.25, 0.3) is 0 Å². The van der Waals surface area contributed by atoms with Gasteiger partial charge in [0, 0.05) is 31.9 Å². The van der Waals surface area contributed by atoms with E-state index in [-0.39, 0.29) is 23.9 Å². The van der Waals surface area contributed by atoms with Gasteiger partial charge in [0.2, 0.25) is 5.91 Å². The number of hydrogen-bond donors (Lipinski definition) is 2. The molecule has 1 aromatic rings. The lowest BCUT2D eigenvalue weighted by Crippen LogP contribution is -2.51. The van der Waals surface area contributed by atoms with Crippen molar-refractivity contribution in [1.29, 1.82) is 5.26 Å². The molecule has 1 aliphatic heterocycles. The number of benzene rings is 1. The zero-order valence-electron chi connectivity index (χ0n) is 14.6. The molecule has 2 atom stereocenters. The molecule has 2 N–H and O–H groups in total. The summed E-state index contributed by atoms with van der Waals surface area (Å²) in [5.41, 5.74) is 1.06. The van der Waals surface area contributed by atoms with Crippen LogP contribution in [0.2, 0.25) is 0 Å². The maximum Gasteiger partial charge on any atom is 0.322 e. The average molecular weight is 344 g/mol. The minimum atomic E-state index is -0.253. The van der Waals surface area contributed by atoms with E-state index in [9.17, 15) is 9.59 Å². The van der Waals surface area contributed by atoms with Gasteiger partial charge in [-0.1, -0.05) is 6.07 Å². The Morgan fingerprint density at radius 3 is 2.92 bits per heavy atom. The Kier molecular flexibility index (Phi) is 6.78. The summed E-state index contributed by atoms with van der Waals surface area (Å²) >= 11 is 0. The van der Waals surface area contributed by atoms with Gasteiger partial charge in [0.05, 0.1) is 24.2 Å². The van der Waals surface area contributed by atoms with Gasteiger partial charge >= 0.3 is 6.03 Å². The minimum absolute atomic E-state index is 0.0479. The second-order valence-corrected chi connectivity index (χ2v) is 6.18. The second kappa shape index (κ2) is 9.04. The van der Waals surface area contributed by atoms with Crippen molar-refractivity contribution in [3.63, 3.8) is 0 Å². The van der Waals surface area contributed by atoms with Gasteiger partial charge in [-0.2, -0.15) is 5.26 Å². The number of methoxy groups -OCH3 is 1. The molecule has 1 heterocycles. The van der Waals surface area contributed by atoms with Crippen molar-refractivity contribution in [2.45, 2.75) is 25.8 Å². The fraction of sp³-hybridized carbons (Fsp3) is 0.500. The standard InChI is InChI=1S/C18H24N4O3/c1-13-6-7-15(17(23)20-8-9-25-2)12-22(13)18(24)21-16-5-3-4-14(10-16)11-19/h3-5,10,13,15H,6-9,12H2,1-2H3,(H,20,23)(H,21,24)/t13-,15-/m0/s1. The van der Waals surface area contributed by atoms with Crippen molar-refractivity contribution >= 4 is 17.6 Å². The molecule has 1 fully saturated rings. The molecule has 1 aromatic carbocycles. The molecule has 25 heavy (non-hydrogen) atoms. The number of likely N-dealkylation sites (tertiary alicyclic amines) is 1. The van der Waals surface area contributed by atoms with E-state index in [1.165, 1.54) is 0 Å². The molecular weight excluding hydrogens is 320 g/mol. The molecule has 7 heteroatoms. The van der Waals surface area contributed by atoms with E-state index in [1.54, 1.807) is 36.3 Å². The summed E-state index contributed by atoms with van der Waals surface area (Å²) in [5, 5.41) is 14.6. The number of rotatable bonds is 5. The van der Waals surface area contributed by atoms with Crippen LogP contribution in [0.15, 0.2) is 24.3 Å². The van der Waals surface area contributed by atoms with E-state index in [4.69, 9.17) is 10.00 Å². The van der Waals surface area contributed by atoms with Crippen LogP contribution in [0.1, 0.15) is 25.3 Å². The molecule has 3 amide bonds. The third-order valence-electron chi connectivity index (χ3n) is 4.36. The van der Waals surface area contributed by atoms with Gasteiger partial charge in [-0.05, 0) is 38.0 Å². The number of carbonyl (C=O) groups excluding carboxylic acids is 2. The van der Waals surface area contributed by atoms with Gasteiger partial charge in [0.25, 0.3) is 0 Å². The van der Waals surface area contributed by atoms with Crippen LogP contribution < -0.4 is 10.6 Å².